The highest BCUT2D eigenvalue weighted by molar-refractivity contribution is 6.28. The topological polar surface area (TPSA) is 57.7 Å². The minimum Gasteiger partial charge on any atom is -0.340 e. The van der Waals surface area contributed by atoms with Gasteiger partial charge in [0.2, 0.25) is 5.28 Å². The van der Waals surface area contributed by atoms with Crippen LogP contribution in [0.5, 0.6) is 0 Å². The van der Waals surface area contributed by atoms with Crippen LogP contribution in [-0.4, -0.2) is 26.0 Å². The fraction of sp³-hybridized carbons (Fsp3) is 0.214. The number of para-hydroxylation sites is 1. The Morgan fingerprint density at radius 2 is 2.15 bits per heavy atom. The normalized spacial score (nSPS) is 17.7. The molecule has 6 heteroatoms. The second-order valence-electron chi connectivity index (χ2n) is 4.97. The molecule has 100 valence electrons. The molecule has 0 radical (unpaired) electrons. The summed E-state index contributed by atoms with van der Waals surface area (Å²) < 4.78 is 0. The van der Waals surface area contributed by atoms with Crippen molar-refractivity contribution in [2.24, 2.45) is 0 Å². The Bertz CT molecular complexity index is 797. The van der Waals surface area contributed by atoms with Gasteiger partial charge in [-0.15, -0.1) is 0 Å². The number of fused-ring (bicyclic) bond motifs is 2. The molecule has 0 aliphatic carbocycles. The molecule has 1 unspecified atom stereocenters. The Morgan fingerprint density at radius 3 is 3.05 bits per heavy atom. The van der Waals surface area contributed by atoms with E-state index in [0.29, 0.717) is 11.7 Å². The molecule has 0 bridgehead atoms. The smallest absolute Gasteiger partial charge is 0.226 e. The average molecular weight is 286 g/mol. The second kappa shape index (κ2) is 4.18. The summed E-state index contributed by atoms with van der Waals surface area (Å²) in [7, 11) is 0. The molecule has 1 N–H and O–H groups in total. The molecule has 20 heavy (non-hydrogen) atoms. The van der Waals surface area contributed by atoms with E-state index in [0.717, 1.165) is 17.8 Å². The van der Waals surface area contributed by atoms with Crippen LogP contribution in [0.3, 0.4) is 0 Å². The zero-order valence-corrected chi connectivity index (χ0v) is 11.6. The van der Waals surface area contributed by atoms with Crippen molar-refractivity contribution < 1.29 is 0 Å². The van der Waals surface area contributed by atoms with Crippen LogP contribution in [-0.2, 0) is 6.42 Å². The molecule has 1 aliphatic rings. The van der Waals surface area contributed by atoms with Gasteiger partial charge in [0.05, 0.1) is 6.33 Å². The third kappa shape index (κ3) is 1.59. The van der Waals surface area contributed by atoms with E-state index in [9.17, 15) is 0 Å². The van der Waals surface area contributed by atoms with Gasteiger partial charge in [0.15, 0.2) is 11.5 Å². The Morgan fingerprint density at radius 1 is 1.30 bits per heavy atom. The highest BCUT2D eigenvalue weighted by atomic mass is 35.5. The summed E-state index contributed by atoms with van der Waals surface area (Å²) in [5.41, 5.74) is 3.91. The lowest BCUT2D eigenvalue weighted by Crippen LogP contribution is -2.25. The number of anilines is 2. The first kappa shape index (κ1) is 11.7. The van der Waals surface area contributed by atoms with Gasteiger partial charge in [-0.05, 0) is 36.6 Å². The van der Waals surface area contributed by atoms with Crippen LogP contribution in [0.4, 0.5) is 11.5 Å². The average Bonchev–Trinajstić information content (AvgIpc) is 3.00. The van der Waals surface area contributed by atoms with Gasteiger partial charge in [0.25, 0.3) is 0 Å². The number of aromatic amines is 1. The number of imidazole rings is 1. The number of benzene rings is 1. The third-order valence-corrected chi connectivity index (χ3v) is 3.84. The molecule has 1 atom stereocenters. The number of rotatable bonds is 1. The lowest BCUT2D eigenvalue weighted by atomic mass is 10.1. The van der Waals surface area contributed by atoms with Crippen LogP contribution in [0, 0.1) is 0 Å². The number of aromatic nitrogens is 4. The first-order chi connectivity index (χ1) is 9.74. The van der Waals surface area contributed by atoms with Crippen molar-refractivity contribution in [3.8, 4) is 0 Å². The second-order valence-corrected chi connectivity index (χ2v) is 5.31. The monoisotopic (exact) mass is 285 g/mol. The van der Waals surface area contributed by atoms with E-state index in [1.54, 1.807) is 6.33 Å². The summed E-state index contributed by atoms with van der Waals surface area (Å²) in [4.78, 5) is 18.0. The minimum absolute atomic E-state index is 0.219. The molecule has 4 rings (SSSR count). The largest absolute Gasteiger partial charge is 0.340 e. The zero-order valence-electron chi connectivity index (χ0n) is 10.8. The fourth-order valence-corrected chi connectivity index (χ4v) is 3.01. The molecule has 0 spiro atoms. The highest BCUT2D eigenvalue weighted by Crippen LogP contribution is 2.39. The van der Waals surface area contributed by atoms with Crippen molar-refractivity contribution in [2.45, 2.75) is 19.4 Å². The quantitative estimate of drug-likeness (QED) is 0.698. The highest BCUT2D eigenvalue weighted by Gasteiger charge is 2.29. The van der Waals surface area contributed by atoms with Crippen molar-refractivity contribution in [1.82, 2.24) is 19.9 Å². The van der Waals surface area contributed by atoms with Gasteiger partial charge in [-0.1, -0.05) is 18.2 Å². The maximum absolute atomic E-state index is 6.03. The van der Waals surface area contributed by atoms with Gasteiger partial charge in [0, 0.05) is 11.7 Å². The Balaban J connectivity index is 1.97. The van der Waals surface area contributed by atoms with Gasteiger partial charge in [0.1, 0.15) is 5.52 Å². The third-order valence-electron chi connectivity index (χ3n) is 3.67. The molecule has 1 aliphatic heterocycles. The number of hydrogen-bond acceptors (Lipinski definition) is 4. The summed E-state index contributed by atoms with van der Waals surface area (Å²) >= 11 is 6.03. The Hall–Kier alpha value is -2.14. The Labute approximate surface area is 120 Å². The SMILES string of the molecule is CC1Cc2ccccc2N1c1nc(Cl)nc2nc[nH]c12. The predicted octanol–water partition coefficient (Wildman–Crippen LogP) is 3.09. The van der Waals surface area contributed by atoms with Gasteiger partial charge in [-0.2, -0.15) is 9.97 Å². The van der Waals surface area contributed by atoms with Gasteiger partial charge in [-0.25, -0.2) is 4.98 Å². The molecule has 0 saturated heterocycles. The van der Waals surface area contributed by atoms with Crippen molar-refractivity contribution in [3.63, 3.8) is 0 Å². The van der Waals surface area contributed by atoms with Gasteiger partial charge >= 0.3 is 0 Å². The molecule has 3 heterocycles. The first-order valence-corrected chi connectivity index (χ1v) is 6.85. The molecule has 3 aromatic rings. The summed E-state index contributed by atoms with van der Waals surface area (Å²) in [6.45, 7) is 2.18. The number of hydrogen-bond donors (Lipinski definition) is 1. The molecule has 0 saturated carbocycles. The number of nitrogens with one attached hydrogen (secondary N) is 1. The van der Waals surface area contributed by atoms with Crippen molar-refractivity contribution in [1.29, 1.82) is 0 Å². The Kier molecular flexibility index (Phi) is 2.44. The van der Waals surface area contributed by atoms with E-state index < -0.39 is 0 Å². The zero-order chi connectivity index (χ0) is 13.7. The lowest BCUT2D eigenvalue weighted by molar-refractivity contribution is 0.751. The summed E-state index contributed by atoms with van der Waals surface area (Å²) in [6, 6.07) is 8.69. The van der Waals surface area contributed by atoms with Crippen LogP contribution in [0.15, 0.2) is 30.6 Å². The molecule has 5 nitrogen and oxygen atoms in total. The molecular formula is C14H12ClN5. The van der Waals surface area contributed by atoms with E-state index in [-0.39, 0.29) is 5.28 Å². The van der Waals surface area contributed by atoms with Crippen molar-refractivity contribution in [2.75, 3.05) is 4.90 Å². The van der Waals surface area contributed by atoms with Crippen molar-refractivity contribution >= 4 is 34.3 Å². The van der Waals surface area contributed by atoms with Gasteiger partial charge < -0.3 is 9.88 Å². The lowest BCUT2D eigenvalue weighted by Gasteiger charge is -2.24. The van der Waals surface area contributed by atoms with Gasteiger partial charge in [-0.3, -0.25) is 0 Å². The number of nitrogens with zero attached hydrogens (tertiary/aromatic N) is 4. The first-order valence-electron chi connectivity index (χ1n) is 6.48. The van der Waals surface area contributed by atoms with E-state index in [1.807, 2.05) is 6.07 Å². The van der Waals surface area contributed by atoms with E-state index in [1.165, 1.54) is 11.3 Å². The van der Waals surface area contributed by atoms with Crippen molar-refractivity contribution in [3.05, 3.63) is 41.4 Å². The molecular weight excluding hydrogens is 274 g/mol. The molecule has 0 amide bonds. The number of halogens is 1. The van der Waals surface area contributed by atoms with Crippen LogP contribution < -0.4 is 4.90 Å². The summed E-state index contributed by atoms with van der Waals surface area (Å²) in [5, 5.41) is 0.219. The number of H-pyrrole nitrogens is 1. The molecule has 0 fully saturated rings. The van der Waals surface area contributed by atoms with Crippen LogP contribution in [0.25, 0.3) is 11.2 Å². The summed E-state index contributed by atoms with van der Waals surface area (Å²) in [5.74, 6) is 0.787. The molecule has 1 aromatic carbocycles. The van der Waals surface area contributed by atoms with Crippen LogP contribution >= 0.6 is 11.6 Å². The molecule has 2 aromatic heterocycles. The van der Waals surface area contributed by atoms with E-state index >= 15 is 0 Å². The van der Waals surface area contributed by atoms with E-state index in [2.05, 4.69) is 50.0 Å². The minimum atomic E-state index is 0.219. The van der Waals surface area contributed by atoms with E-state index in [4.69, 9.17) is 11.6 Å². The fourth-order valence-electron chi connectivity index (χ4n) is 2.85. The maximum atomic E-state index is 6.03. The predicted molar refractivity (Wildman–Crippen MR) is 78.4 cm³/mol. The van der Waals surface area contributed by atoms with Crippen LogP contribution in [0.1, 0.15) is 12.5 Å². The van der Waals surface area contributed by atoms with Crippen LogP contribution in [0.2, 0.25) is 5.28 Å². The summed E-state index contributed by atoms with van der Waals surface area (Å²) in [6.07, 6.45) is 2.61. The standard InChI is InChI=1S/C14H12ClN5/c1-8-6-9-4-2-3-5-10(9)20(8)13-11-12(17-7-16-11)18-14(15)19-13/h2-5,7-8H,6H2,1H3,(H,16,17,18,19). The maximum Gasteiger partial charge on any atom is 0.226 e.